The lowest BCUT2D eigenvalue weighted by atomic mass is 9.93. The fourth-order valence-corrected chi connectivity index (χ4v) is 16.3. The van der Waals surface area contributed by atoms with Crippen LogP contribution in [0.2, 0.25) is 0 Å². The average Bonchev–Trinajstić information content (AvgIpc) is 0.738. The minimum absolute atomic E-state index is 0.831. The summed E-state index contributed by atoms with van der Waals surface area (Å²) in [5.74, 6) is -4.78. The van der Waals surface area contributed by atoms with Gasteiger partial charge in [-0.2, -0.15) is 0 Å². The van der Waals surface area contributed by atoms with Gasteiger partial charge in [0.05, 0.1) is 66.1 Å². The Morgan fingerprint density at radius 2 is 0.460 bits per heavy atom. The van der Waals surface area contributed by atoms with Crippen molar-refractivity contribution in [1.29, 1.82) is 0 Å². The highest BCUT2D eigenvalue weighted by atomic mass is 16.8. The van der Waals surface area contributed by atoms with E-state index in [9.17, 15) is 162 Å². The molecule has 0 radical (unpaired) electrons. The number of amides is 5. The van der Waals surface area contributed by atoms with Crippen LogP contribution in [0.15, 0.2) is 0 Å². The van der Waals surface area contributed by atoms with Crippen LogP contribution >= 0.6 is 0 Å². The maximum atomic E-state index is 13.5. The Labute approximate surface area is 713 Å². The molecule has 56 heteroatoms. The number of ether oxygens (including phenoxy) is 19. The van der Waals surface area contributed by atoms with Crippen molar-refractivity contribution in [1.82, 2.24) is 26.6 Å². The molecule has 0 aromatic rings. The standard InChI is InChI=1S/C70H117N5O51/c1-16(84)71-31-45(98)54(26(11-81)110-61(31)107)120-65-35(75-20(5)88)46(99)55(27(12-82)116-65)122-69-53(106)59(125-70-60(126-64-34(74-19(4)87)44(97)38(91)23(8-78)113-64)51(104)56(28(13-83)117-70)121-62-32(72-17(2)85)42(95)36(89)21(6-76)111-62)57(123-63-33(73-18(3)86)43(96)37(90)22(7-77)112-63)30(119-69)15-109-67-52(105)58(124-68-50(103)48(101)40(93)25(10-80)115-68)41(94)29(118-67)14-108-66-49(102)47(100)39(92)24(9-79)114-66/h21-70,76-83,89-107H,6-15H2,1-5H3,(H,71,84)(H,72,85)(H,73,86)(H,74,87)(H,75,88)/t21-,22-,23-,24-,25-,26-,27-,28-,29-,30-,31-,32-,33-,34-,35-,36-,37-,38-,39-,40-,41-,42-,43-,44-,45-,46-,47+,48+,49+,50+,51+,52+,53+,54-,55-,56-,57-,58+,59-,60+,61?,62+,63+,64+,65+,66+,67+,68-,69+,70-/m1/s1. The summed E-state index contributed by atoms with van der Waals surface area (Å²) < 4.78 is 116. The van der Waals surface area contributed by atoms with E-state index < -0.39 is 402 Å². The van der Waals surface area contributed by atoms with Crippen molar-refractivity contribution >= 4 is 29.5 Å². The van der Waals surface area contributed by atoms with Gasteiger partial charge in [-0.1, -0.05) is 0 Å². The normalized spacial score (nSPS) is 48.4. The molecule has 0 aliphatic carbocycles. The highest BCUT2D eigenvalue weighted by molar-refractivity contribution is 5.75. The smallest absolute Gasteiger partial charge is 0.217 e. The summed E-state index contributed by atoms with van der Waals surface area (Å²) >= 11 is 0. The lowest BCUT2D eigenvalue weighted by Crippen LogP contribution is -2.72. The first-order valence-electron chi connectivity index (χ1n) is 40.1. The Kier molecular flexibility index (Phi) is 37.4. The third-order valence-electron chi connectivity index (χ3n) is 22.9. The molecule has 10 rings (SSSR count). The molecule has 10 aliphatic rings. The largest absolute Gasteiger partial charge is 0.394 e. The molecule has 728 valence electrons. The van der Waals surface area contributed by atoms with E-state index in [0.29, 0.717) is 0 Å². The molecule has 0 aromatic heterocycles. The molecule has 1 unspecified atom stereocenters. The zero-order valence-electron chi connectivity index (χ0n) is 67.8. The number of hydrogen-bond acceptors (Lipinski definition) is 51. The Morgan fingerprint density at radius 3 is 0.873 bits per heavy atom. The molecule has 126 heavy (non-hydrogen) atoms. The number of aliphatic hydroxyl groups is 27. The quantitative estimate of drug-likeness (QED) is 0.0290. The fourth-order valence-electron chi connectivity index (χ4n) is 16.3. The van der Waals surface area contributed by atoms with Gasteiger partial charge in [0.1, 0.15) is 244 Å². The summed E-state index contributed by atoms with van der Waals surface area (Å²) in [6, 6.07) is -9.71. The third-order valence-corrected chi connectivity index (χ3v) is 22.9. The maximum absolute atomic E-state index is 13.5. The number of carbonyl (C=O) groups is 5. The molecular weight excluding hydrogens is 1730 g/mol. The van der Waals surface area contributed by atoms with Gasteiger partial charge < -0.3 is 254 Å². The van der Waals surface area contributed by atoms with Crippen LogP contribution in [0.4, 0.5) is 0 Å². The molecule has 0 aromatic carbocycles. The first-order valence-corrected chi connectivity index (χ1v) is 40.1. The summed E-state index contributed by atoms with van der Waals surface area (Å²) in [5.41, 5.74) is 0. The molecule has 50 atom stereocenters. The highest BCUT2D eigenvalue weighted by Gasteiger charge is 2.63. The summed E-state index contributed by atoms with van der Waals surface area (Å²) in [6.45, 7) is -7.12. The monoisotopic (exact) mass is 1840 g/mol. The van der Waals surface area contributed by atoms with E-state index >= 15 is 0 Å². The zero-order valence-corrected chi connectivity index (χ0v) is 67.8. The van der Waals surface area contributed by atoms with Gasteiger partial charge in [0.2, 0.25) is 29.5 Å². The number of aliphatic hydroxyl groups excluding tert-OH is 27. The molecule has 32 N–H and O–H groups in total. The SMILES string of the molecule is CC(=O)N[C@H]1[C@H](O[C@H]2[C@H](O)[C@@H](NC(C)=O)C(O)O[C@@H]2CO)O[C@H](CO)[C@@H](O[C@@H]2O[C@H](CO[C@H]3O[C@H](CO[C@H]4O[C@H](CO)[C@@H](O)[C@H](O)[C@@H]4O)[C@@H](O)[C@H](O[C@H]4O[C@H](CO)[C@@H](O)[C@H](O)[C@@H]4O)[C@@H]3O)[C@@H](O[C@@H]3O[C@H](CO)[C@@H](O)[C@H](O)[C@H]3NC(C)=O)[C@H](O[C@H]3O[C@H](CO)[C@@H](O[C@@H]4O[C@H](CO)[C@@H](O)[C@H](O)[C@H]4NC(C)=O)[C@H](O)[C@@H]3O[C@@H]3O[C@H](CO)[C@@H](O)[C@H](O)[C@H]3NC(C)=O)[C@@H]2O)[C@@H]1O. The Bertz CT molecular complexity index is 3440. The van der Waals surface area contributed by atoms with E-state index in [1.54, 1.807) is 0 Å². The molecule has 56 nitrogen and oxygen atoms in total. The lowest BCUT2D eigenvalue weighted by Gasteiger charge is -2.53. The van der Waals surface area contributed by atoms with Crippen LogP contribution in [-0.2, 0) is 114 Å². The van der Waals surface area contributed by atoms with E-state index in [-0.39, 0.29) is 0 Å². The topological polar surface area (TPSA) is 867 Å². The van der Waals surface area contributed by atoms with E-state index in [1.807, 2.05) is 0 Å². The van der Waals surface area contributed by atoms with Crippen molar-refractivity contribution in [2.45, 2.75) is 341 Å². The second-order valence-electron chi connectivity index (χ2n) is 31.7. The molecule has 0 saturated carbocycles. The van der Waals surface area contributed by atoms with E-state index in [0.717, 1.165) is 34.6 Å². The molecule has 0 spiro atoms. The van der Waals surface area contributed by atoms with Crippen molar-refractivity contribution in [3.05, 3.63) is 0 Å². The van der Waals surface area contributed by atoms with Gasteiger partial charge >= 0.3 is 0 Å². The van der Waals surface area contributed by atoms with Crippen LogP contribution in [-0.4, -0.2) is 540 Å². The molecule has 5 amide bonds. The van der Waals surface area contributed by atoms with Crippen molar-refractivity contribution < 1.29 is 252 Å². The summed E-state index contributed by atoms with van der Waals surface area (Å²) in [5, 5.41) is 317. The van der Waals surface area contributed by atoms with Crippen LogP contribution in [0.3, 0.4) is 0 Å². The third kappa shape index (κ3) is 23.1. The van der Waals surface area contributed by atoms with Crippen molar-refractivity contribution in [2.24, 2.45) is 0 Å². The number of nitrogens with one attached hydrogen (secondary N) is 5. The number of carbonyl (C=O) groups excluding carboxylic acids is 5. The van der Waals surface area contributed by atoms with Crippen molar-refractivity contribution in [2.75, 3.05) is 66.1 Å². The predicted molar refractivity (Wildman–Crippen MR) is 388 cm³/mol. The molecule has 10 heterocycles. The van der Waals surface area contributed by atoms with Crippen LogP contribution in [0, 0.1) is 0 Å². The first kappa shape index (κ1) is 104. The van der Waals surface area contributed by atoms with Crippen molar-refractivity contribution in [3.63, 3.8) is 0 Å². The van der Waals surface area contributed by atoms with Crippen LogP contribution in [0.25, 0.3) is 0 Å². The minimum Gasteiger partial charge on any atom is -0.394 e. The number of rotatable bonds is 33. The lowest BCUT2D eigenvalue weighted by molar-refractivity contribution is -0.412. The van der Waals surface area contributed by atoms with Gasteiger partial charge in [-0.15, -0.1) is 0 Å². The first-order chi connectivity index (χ1) is 59.6. The van der Waals surface area contributed by atoms with Gasteiger partial charge in [0.25, 0.3) is 0 Å². The van der Waals surface area contributed by atoms with E-state index in [2.05, 4.69) is 26.6 Å². The van der Waals surface area contributed by atoms with Crippen LogP contribution < -0.4 is 26.6 Å². The van der Waals surface area contributed by atoms with Crippen molar-refractivity contribution in [3.8, 4) is 0 Å². The second-order valence-corrected chi connectivity index (χ2v) is 31.7. The van der Waals surface area contributed by atoms with Crippen LogP contribution in [0.1, 0.15) is 34.6 Å². The molecule has 10 aliphatic heterocycles. The Morgan fingerprint density at radius 1 is 0.206 bits per heavy atom. The molecule has 10 saturated heterocycles. The number of hydrogen-bond donors (Lipinski definition) is 32. The molecule has 0 bridgehead atoms. The van der Waals surface area contributed by atoms with Gasteiger partial charge in [-0.3, -0.25) is 24.0 Å². The van der Waals surface area contributed by atoms with Gasteiger partial charge in [0, 0.05) is 34.6 Å². The predicted octanol–water partition coefficient (Wildman–Crippen LogP) is -22.1. The fraction of sp³-hybridized carbons (Fsp3) is 0.929. The Hall–Kier alpha value is -4.49. The zero-order chi connectivity index (χ0) is 92.8. The summed E-state index contributed by atoms with van der Waals surface area (Å²) in [4.78, 5) is 64.6. The minimum atomic E-state index is -2.82. The average molecular weight is 1840 g/mol. The molecule has 10 fully saturated rings. The van der Waals surface area contributed by atoms with Gasteiger partial charge in [0.15, 0.2) is 62.9 Å². The second kappa shape index (κ2) is 45.5. The summed E-state index contributed by atoms with van der Waals surface area (Å²) in [7, 11) is 0. The van der Waals surface area contributed by atoms with Gasteiger partial charge in [-0.25, -0.2) is 0 Å². The molecular formula is C70H117N5O51. The van der Waals surface area contributed by atoms with Gasteiger partial charge in [-0.05, 0) is 0 Å². The Balaban J connectivity index is 1.13. The van der Waals surface area contributed by atoms with Crippen LogP contribution in [0.5, 0.6) is 0 Å². The van der Waals surface area contributed by atoms with E-state index in [4.69, 9.17) is 90.0 Å². The van der Waals surface area contributed by atoms with E-state index in [1.165, 1.54) is 0 Å². The maximum Gasteiger partial charge on any atom is 0.217 e. The highest BCUT2D eigenvalue weighted by Crippen LogP contribution is 2.42. The summed E-state index contributed by atoms with van der Waals surface area (Å²) in [6.07, 6.45) is -99.4.